The molecule has 2 aromatic rings. The summed E-state index contributed by atoms with van der Waals surface area (Å²) in [5.41, 5.74) is 4.33. The van der Waals surface area contributed by atoms with Gasteiger partial charge < -0.3 is 5.11 Å². The summed E-state index contributed by atoms with van der Waals surface area (Å²) in [5, 5.41) is 9.11. The van der Waals surface area contributed by atoms with Gasteiger partial charge in [-0.25, -0.2) is 0 Å². The van der Waals surface area contributed by atoms with Gasteiger partial charge in [0.05, 0.1) is 5.92 Å². The molecule has 2 aromatic carbocycles. The molecule has 0 aromatic heterocycles. The Kier molecular flexibility index (Phi) is 4.23. The van der Waals surface area contributed by atoms with Crippen molar-refractivity contribution in [2.24, 2.45) is 0 Å². The number of carboxylic acid groups (broad SMARTS) is 1. The molecule has 0 heterocycles. The Morgan fingerprint density at radius 1 is 0.900 bits per heavy atom. The molecule has 2 nitrogen and oxygen atoms in total. The smallest absolute Gasteiger partial charge is 0.310 e. The number of hydrogen-bond acceptors (Lipinski definition) is 1. The van der Waals surface area contributed by atoms with Gasteiger partial charge in [0.15, 0.2) is 0 Å². The largest absolute Gasteiger partial charge is 0.481 e. The van der Waals surface area contributed by atoms with E-state index in [1.165, 1.54) is 5.56 Å². The number of rotatable bonds is 4. The van der Waals surface area contributed by atoms with Crippen LogP contribution in [0.3, 0.4) is 0 Å². The van der Waals surface area contributed by atoms with Gasteiger partial charge in [0.1, 0.15) is 0 Å². The van der Waals surface area contributed by atoms with Crippen molar-refractivity contribution in [3.63, 3.8) is 0 Å². The molecule has 0 aliphatic rings. The number of carboxylic acids is 1. The fourth-order valence-corrected chi connectivity index (χ4v) is 2.21. The van der Waals surface area contributed by atoms with Gasteiger partial charge in [-0.1, -0.05) is 62.4 Å². The standard InChI is InChI=1S/C18H20O2/c1-12(2)14-6-4-8-16(10-14)17-9-5-7-15(11-17)13(3)18(19)20/h4-13H,1-3H3,(H,19,20). The molecule has 0 aliphatic heterocycles. The van der Waals surface area contributed by atoms with Crippen molar-refractivity contribution < 1.29 is 9.90 Å². The predicted octanol–water partition coefficient (Wildman–Crippen LogP) is 4.67. The Bertz CT molecular complexity index is 614. The highest BCUT2D eigenvalue weighted by atomic mass is 16.4. The zero-order chi connectivity index (χ0) is 14.7. The quantitative estimate of drug-likeness (QED) is 0.875. The van der Waals surface area contributed by atoms with Gasteiger partial charge in [0, 0.05) is 0 Å². The van der Waals surface area contributed by atoms with E-state index in [1.807, 2.05) is 24.3 Å². The summed E-state index contributed by atoms with van der Waals surface area (Å²) in [6, 6.07) is 16.2. The first kappa shape index (κ1) is 14.3. The summed E-state index contributed by atoms with van der Waals surface area (Å²) < 4.78 is 0. The number of aliphatic carboxylic acids is 1. The van der Waals surface area contributed by atoms with Crippen molar-refractivity contribution in [1.29, 1.82) is 0 Å². The van der Waals surface area contributed by atoms with E-state index >= 15 is 0 Å². The Morgan fingerprint density at radius 3 is 1.90 bits per heavy atom. The van der Waals surface area contributed by atoms with E-state index in [9.17, 15) is 4.79 Å². The van der Waals surface area contributed by atoms with Crippen LogP contribution < -0.4 is 0 Å². The Labute approximate surface area is 120 Å². The predicted molar refractivity (Wildman–Crippen MR) is 82.0 cm³/mol. The average molecular weight is 268 g/mol. The van der Waals surface area contributed by atoms with Crippen LogP contribution in [-0.2, 0) is 4.79 Å². The second-order valence-electron chi connectivity index (χ2n) is 5.47. The van der Waals surface area contributed by atoms with Crippen LogP contribution in [0.15, 0.2) is 48.5 Å². The van der Waals surface area contributed by atoms with E-state index in [0.29, 0.717) is 5.92 Å². The zero-order valence-electron chi connectivity index (χ0n) is 12.1. The fourth-order valence-electron chi connectivity index (χ4n) is 2.21. The molecule has 0 bridgehead atoms. The first-order valence-electron chi connectivity index (χ1n) is 6.92. The molecule has 0 aliphatic carbocycles. The second kappa shape index (κ2) is 5.91. The van der Waals surface area contributed by atoms with Gasteiger partial charge in [-0.15, -0.1) is 0 Å². The summed E-state index contributed by atoms with van der Waals surface area (Å²) in [6.07, 6.45) is 0. The zero-order valence-corrected chi connectivity index (χ0v) is 12.1. The molecular weight excluding hydrogens is 248 g/mol. The van der Waals surface area contributed by atoms with Crippen molar-refractivity contribution in [3.05, 3.63) is 59.7 Å². The van der Waals surface area contributed by atoms with Crippen molar-refractivity contribution in [2.45, 2.75) is 32.6 Å². The molecule has 1 unspecified atom stereocenters. The summed E-state index contributed by atoms with van der Waals surface area (Å²) in [5.74, 6) is -0.794. The summed E-state index contributed by atoms with van der Waals surface area (Å²) >= 11 is 0. The summed E-state index contributed by atoms with van der Waals surface area (Å²) in [7, 11) is 0. The topological polar surface area (TPSA) is 37.3 Å². The van der Waals surface area contributed by atoms with Crippen LogP contribution in [0.25, 0.3) is 11.1 Å². The number of benzene rings is 2. The fraction of sp³-hybridized carbons (Fsp3) is 0.278. The van der Waals surface area contributed by atoms with Crippen LogP contribution in [-0.4, -0.2) is 11.1 Å². The minimum Gasteiger partial charge on any atom is -0.481 e. The van der Waals surface area contributed by atoms with Crippen LogP contribution in [0.1, 0.15) is 43.7 Å². The van der Waals surface area contributed by atoms with E-state index < -0.39 is 11.9 Å². The maximum absolute atomic E-state index is 11.1. The molecule has 2 rings (SSSR count). The molecule has 0 radical (unpaired) electrons. The van der Waals surface area contributed by atoms with Gasteiger partial charge >= 0.3 is 5.97 Å². The van der Waals surface area contributed by atoms with Crippen molar-refractivity contribution in [3.8, 4) is 11.1 Å². The number of carbonyl (C=O) groups is 1. The Balaban J connectivity index is 2.41. The third-order valence-corrected chi connectivity index (χ3v) is 3.64. The van der Waals surface area contributed by atoms with E-state index in [2.05, 4.69) is 38.1 Å². The minimum absolute atomic E-state index is 0.482. The summed E-state index contributed by atoms with van der Waals surface area (Å²) in [4.78, 5) is 11.1. The van der Waals surface area contributed by atoms with Crippen LogP contribution in [0.2, 0.25) is 0 Å². The molecule has 0 spiro atoms. The molecule has 104 valence electrons. The van der Waals surface area contributed by atoms with E-state index in [-0.39, 0.29) is 0 Å². The normalized spacial score (nSPS) is 12.4. The summed E-state index contributed by atoms with van der Waals surface area (Å²) in [6.45, 7) is 6.05. The average Bonchev–Trinajstić information content (AvgIpc) is 2.46. The first-order chi connectivity index (χ1) is 9.49. The highest BCUT2D eigenvalue weighted by molar-refractivity contribution is 5.76. The van der Waals surface area contributed by atoms with Gasteiger partial charge in [-0.3, -0.25) is 4.79 Å². The Morgan fingerprint density at radius 2 is 1.40 bits per heavy atom. The highest BCUT2D eigenvalue weighted by Crippen LogP contribution is 2.26. The Hall–Kier alpha value is -2.09. The van der Waals surface area contributed by atoms with Gasteiger partial charge in [0.25, 0.3) is 0 Å². The third kappa shape index (κ3) is 3.08. The van der Waals surface area contributed by atoms with Crippen LogP contribution >= 0.6 is 0 Å². The maximum atomic E-state index is 11.1. The maximum Gasteiger partial charge on any atom is 0.310 e. The lowest BCUT2D eigenvalue weighted by molar-refractivity contribution is -0.138. The molecule has 0 saturated heterocycles. The molecule has 2 heteroatoms. The van der Waals surface area contributed by atoms with Crippen LogP contribution in [0.5, 0.6) is 0 Å². The van der Waals surface area contributed by atoms with Gasteiger partial charge in [-0.2, -0.15) is 0 Å². The lowest BCUT2D eigenvalue weighted by atomic mass is 9.94. The second-order valence-corrected chi connectivity index (χ2v) is 5.47. The van der Waals surface area contributed by atoms with E-state index in [0.717, 1.165) is 16.7 Å². The molecule has 0 fully saturated rings. The molecule has 1 atom stereocenters. The van der Waals surface area contributed by atoms with Crippen molar-refractivity contribution in [1.82, 2.24) is 0 Å². The molecule has 0 amide bonds. The molecule has 20 heavy (non-hydrogen) atoms. The highest BCUT2D eigenvalue weighted by Gasteiger charge is 2.14. The molecule has 1 N–H and O–H groups in total. The monoisotopic (exact) mass is 268 g/mol. The van der Waals surface area contributed by atoms with Crippen molar-refractivity contribution >= 4 is 5.97 Å². The number of hydrogen-bond donors (Lipinski definition) is 1. The van der Waals surface area contributed by atoms with E-state index in [1.54, 1.807) is 6.92 Å². The van der Waals surface area contributed by atoms with Crippen LogP contribution in [0.4, 0.5) is 0 Å². The van der Waals surface area contributed by atoms with Gasteiger partial charge in [0.2, 0.25) is 0 Å². The minimum atomic E-state index is -0.793. The lowest BCUT2D eigenvalue weighted by Gasteiger charge is -2.11. The van der Waals surface area contributed by atoms with Gasteiger partial charge in [-0.05, 0) is 35.1 Å². The molecular formula is C18H20O2. The SMILES string of the molecule is CC(C)c1cccc(-c2cccc(C(C)C(=O)O)c2)c1. The first-order valence-corrected chi connectivity index (χ1v) is 6.92. The van der Waals surface area contributed by atoms with Crippen LogP contribution in [0, 0.1) is 0 Å². The van der Waals surface area contributed by atoms with Crippen molar-refractivity contribution in [2.75, 3.05) is 0 Å². The third-order valence-electron chi connectivity index (χ3n) is 3.64. The molecule has 0 saturated carbocycles. The lowest BCUT2D eigenvalue weighted by Crippen LogP contribution is -2.07. The van der Waals surface area contributed by atoms with E-state index in [4.69, 9.17) is 5.11 Å².